The average molecular weight is 281 g/mol. The number of anilines is 1. The normalized spacial score (nSPS) is 20.3. The largest absolute Gasteiger partial charge is 0.389 e. The van der Waals surface area contributed by atoms with E-state index in [1.54, 1.807) is 6.07 Å². The van der Waals surface area contributed by atoms with Crippen LogP contribution in [-0.2, 0) is 0 Å². The lowest BCUT2D eigenvalue weighted by Gasteiger charge is -2.37. The smallest absolute Gasteiger partial charge is 0.135 e. The summed E-state index contributed by atoms with van der Waals surface area (Å²) in [5.41, 5.74) is 6.66. The van der Waals surface area contributed by atoms with E-state index in [1.807, 2.05) is 13.1 Å². The molecule has 3 nitrogen and oxygen atoms in total. The first-order chi connectivity index (χ1) is 8.99. The fourth-order valence-corrected chi connectivity index (χ4v) is 2.75. The van der Waals surface area contributed by atoms with E-state index in [-0.39, 0.29) is 10.8 Å². The molecular weight excluding hydrogens is 261 g/mol. The van der Waals surface area contributed by atoms with E-state index in [0.717, 1.165) is 25.2 Å². The molecule has 1 fully saturated rings. The van der Waals surface area contributed by atoms with E-state index in [0.29, 0.717) is 11.6 Å². The second-order valence-corrected chi connectivity index (χ2v) is 5.64. The number of hydrogen-bond donors (Lipinski definition) is 1. The molecule has 1 aromatic rings. The fourth-order valence-electron chi connectivity index (χ4n) is 2.59. The maximum Gasteiger partial charge on any atom is 0.135 e. The molecule has 5 heteroatoms. The van der Waals surface area contributed by atoms with Gasteiger partial charge < -0.3 is 15.5 Å². The molecule has 2 rings (SSSR count). The molecule has 19 heavy (non-hydrogen) atoms. The summed E-state index contributed by atoms with van der Waals surface area (Å²) >= 11 is 4.82. The molecule has 0 spiro atoms. The molecule has 0 radical (unpaired) electrons. The molecule has 2 N–H and O–H groups in total. The summed E-state index contributed by atoms with van der Waals surface area (Å²) < 4.78 is 13.9. The first-order valence-corrected chi connectivity index (χ1v) is 6.90. The third kappa shape index (κ3) is 3.22. The van der Waals surface area contributed by atoms with Crippen molar-refractivity contribution >= 4 is 22.9 Å². The van der Waals surface area contributed by atoms with E-state index in [9.17, 15) is 4.39 Å². The molecule has 0 aromatic heterocycles. The zero-order valence-corrected chi connectivity index (χ0v) is 12.2. The topological polar surface area (TPSA) is 32.5 Å². The number of nitrogens with two attached hydrogens (primary N) is 1. The van der Waals surface area contributed by atoms with Gasteiger partial charge in [-0.1, -0.05) is 12.2 Å². The predicted octanol–water partition coefficient (Wildman–Crippen LogP) is 1.99. The second kappa shape index (κ2) is 5.84. The van der Waals surface area contributed by atoms with Crippen molar-refractivity contribution < 1.29 is 4.39 Å². The number of rotatable bonds is 3. The van der Waals surface area contributed by atoms with Gasteiger partial charge in [0, 0.05) is 30.9 Å². The van der Waals surface area contributed by atoms with Crippen molar-refractivity contribution in [1.29, 1.82) is 0 Å². The number of halogens is 1. The van der Waals surface area contributed by atoms with Crippen molar-refractivity contribution in [1.82, 2.24) is 4.90 Å². The minimum Gasteiger partial charge on any atom is -0.389 e. The number of nitrogens with zero attached hydrogens (tertiary/aromatic N) is 2. The summed E-state index contributed by atoms with van der Waals surface area (Å²) in [5, 5.41) is 0. The number of likely N-dealkylation sites (tertiary alicyclic amines) is 1. The highest BCUT2D eigenvalue weighted by Crippen LogP contribution is 2.23. The van der Waals surface area contributed by atoms with Crippen molar-refractivity contribution in [3.05, 3.63) is 29.6 Å². The maximum atomic E-state index is 13.9. The highest BCUT2D eigenvalue weighted by Gasteiger charge is 2.22. The monoisotopic (exact) mass is 281 g/mol. The highest BCUT2D eigenvalue weighted by molar-refractivity contribution is 7.80. The Labute approximate surface area is 119 Å². The van der Waals surface area contributed by atoms with Crippen LogP contribution in [0.5, 0.6) is 0 Å². The van der Waals surface area contributed by atoms with E-state index in [1.165, 1.54) is 12.5 Å². The summed E-state index contributed by atoms with van der Waals surface area (Å²) in [6, 6.07) is 5.49. The molecule has 1 aliphatic heterocycles. The van der Waals surface area contributed by atoms with Crippen molar-refractivity contribution in [3.8, 4) is 0 Å². The highest BCUT2D eigenvalue weighted by atomic mass is 32.1. The SMILES string of the molecule is CN1CCCC(N(C)c2ccc(C(N)=S)c(F)c2)C1. The second-order valence-electron chi connectivity index (χ2n) is 5.20. The Hall–Kier alpha value is -1.20. The number of benzene rings is 1. The molecule has 1 atom stereocenters. The van der Waals surface area contributed by atoms with Crippen LogP contribution in [-0.4, -0.2) is 43.1 Å². The van der Waals surface area contributed by atoms with Gasteiger partial charge in [-0.25, -0.2) is 4.39 Å². The van der Waals surface area contributed by atoms with Gasteiger partial charge in [-0.3, -0.25) is 0 Å². The van der Waals surface area contributed by atoms with Gasteiger partial charge in [0.1, 0.15) is 10.8 Å². The lowest BCUT2D eigenvalue weighted by atomic mass is 10.0. The van der Waals surface area contributed by atoms with E-state index < -0.39 is 0 Å². The molecule has 1 unspecified atom stereocenters. The van der Waals surface area contributed by atoms with Gasteiger partial charge in [0.05, 0.1) is 0 Å². The van der Waals surface area contributed by atoms with Gasteiger partial charge in [-0.05, 0) is 44.6 Å². The molecule has 1 aliphatic rings. The summed E-state index contributed by atoms with van der Waals surface area (Å²) in [7, 11) is 4.13. The quantitative estimate of drug-likeness (QED) is 0.859. The zero-order valence-electron chi connectivity index (χ0n) is 11.4. The van der Waals surface area contributed by atoms with Crippen LogP contribution in [0.3, 0.4) is 0 Å². The van der Waals surface area contributed by atoms with Gasteiger partial charge in [-0.2, -0.15) is 0 Å². The average Bonchev–Trinajstić information content (AvgIpc) is 2.37. The molecule has 1 heterocycles. The van der Waals surface area contributed by atoms with Crippen molar-refractivity contribution in [2.45, 2.75) is 18.9 Å². The lowest BCUT2D eigenvalue weighted by Crippen LogP contribution is -2.45. The van der Waals surface area contributed by atoms with E-state index in [4.69, 9.17) is 18.0 Å². The summed E-state index contributed by atoms with van der Waals surface area (Å²) in [5.74, 6) is -0.346. The van der Waals surface area contributed by atoms with Crippen LogP contribution >= 0.6 is 12.2 Å². The van der Waals surface area contributed by atoms with Crippen LogP contribution in [0, 0.1) is 5.82 Å². The first kappa shape index (κ1) is 14.2. The Kier molecular flexibility index (Phi) is 4.37. The molecule has 1 saturated heterocycles. The Morgan fingerprint density at radius 3 is 2.84 bits per heavy atom. The molecule has 0 bridgehead atoms. The fraction of sp³-hybridized carbons (Fsp3) is 0.500. The Balaban J connectivity index is 2.17. The molecule has 0 amide bonds. The van der Waals surface area contributed by atoms with Gasteiger partial charge in [0.15, 0.2) is 0 Å². The van der Waals surface area contributed by atoms with Crippen LogP contribution in [0.25, 0.3) is 0 Å². The zero-order chi connectivity index (χ0) is 14.0. The number of likely N-dealkylation sites (N-methyl/N-ethyl adjacent to an activating group) is 2. The van der Waals surface area contributed by atoms with Gasteiger partial charge in [0.25, 0.3) is 0 Å². The number of thiocarbonyl (C=S) groups is 1. The van der Waals surface area contributed by atoms with Crippen molar-refractivity contribution in [3.63, 3.8) is 0 Å². The third-order valence-corrected chi connectivity index (χ3v) is 3.99. The Morgan fingerprint density at radius 1 is 1.53 bits per heavy atom. The van der Waals surface area contributed by atoms with Crippen LogP contribution < -0.4 is 10.6 Å². The Bertz CT molecular complexity index is 478. The lowest BCUT2D eigenvalue weighted by molar-refractivity contribution is 0.248. The summed E-state index contributed by atoms with van der Waals surface area (Å²) in [4.78, 5) is 4.55. The molecule has 104 valence electrons. The predicted molar refractivity (Wildman–Crippen MR) is 81.2 cm³/mol. The minimum absolute atomic E-state index is 0.101. The standard InChI is InChI=1S/C14H20FN3S/c1-17-7-3-4-11(9-17)18(2)10-5-6-12(14(16)19)13(15)8-10/h5-6,8,11H,3-4,7,9H2,1-2H3,(H2,16,19). The number of hydrogen-bond acceptors (Lipinski definition) is 3. The van der Waals surface area contributed by atoms with Gasteiger partial charge in [-0.15, -0.1) is 0 Å². The third-order valence-electron chi connectivity index (χ3n) is 3.77. The minimum atomic E-state index is -0.346. The van der Waals surface area contributed by atoms with Gasteiger partial charge in [0.2, 0.25) is 0 Å². The van der Waals surface area contributed by atoms with Crippen LogP contribution in [0.1, 0.15) is 18.4 Å². The van der Waals surface area contributed by atoms with Crippen LogP contribution in [0.4, 0.5) is 10.1 Å². The van der Waals surface area contributed by atoms with E-state index >= 15 is 0 Å². The molecule has 0 aliphatic carbocycles. The Morgan fingerprint density at radius 2 is 2.26 bits per heavy atom. The summed E-state index contributed by atoms with van der Waals surface area (Å²) in [6.07, 6.45) is 2.32. The van der Waals surface area contributed by atoms with Gasteiger partial charge >= 0.3 is 0 Å². The van der Waals surface area contributed by atoms with E-state index in [2.05, 4.69) is 16.8 Å². The van der Waals surface area contributed by atoms with Crippen LogP contribution in [0.15, 0.2) is 18.2 Å². The number of piperidine rings is 1. The summed E-state index contributed by atoms with van der Waals surface area (Å²) in [6.45, 7) is 2.15. The molecule has 1 aromatic carbocycles. The first-order valence-electron chi connectivity index (χ1n) is 6.50. The van der Waals surface area contributed by atoms with Crippen molar-refractivity contribution in [2.75, 3.05) is 32.1 Å². The molecule has 0 saturated carbocycles. The molecular formula is C14H20FN3S. The maximum absolute atomic E-state index is 13.9. The van der Waals surface area contributed by atoms with Crippen molar-refractivity contribution in [2.24, 2.45) is 5.73 Å². The van der Waals surface area contributed by atoms with Crippen LogP contribution in [0.2, 0.25) is 0 Å².